The normalized spacial score (nSPS) is 11.3. The van der Waals surface area contributed by atoms with E-state index in [4.69, 9.17) is 0 Å². The lowest BCUT2D eigenvalue weighted by Crippen LogP contribution is -2.26. The van der Waals surface area contributed by atoms with Gasteiger partial charge in [-0.2, -0.15) is 13.2 Å². The Bertz CT molecular complexity index is 657. The number of hydrogen-bond acceptors (Lipinski definition) is 2. The molecule has 2 aromatic rings. The van der Waals surface area contributed by atoms with Crippen molar-refractivity contribution in [2.75, 3.05) is 0 Å². The van der Waals surface area contributed by atoms with Gasteiger partial charge < -0.3 is 0 Å². The van der Waals surface area contributed by atoms with Crippen LogP contribution in [0.25, 0.3) is 5.69 Å². The summed E-state index contributed by atoms with van der Waals surface area (Å²) in [6.45, 7) is 0. The van der Waals surface area contributed by atoms with Crippen LogP contribution in [0.15, 0.2) is 47.4 Å². The molecule has 1 heterocycles. The molecule has 3 nitrogen and oxygen atoms in total. The van der Waals surface area contributed by atoms with Gasteiger partial charge in [0.05, 0.1) is 0 Å². The smallest absolute Gasteiger partial charge is 0.298 e. The fourth-order valence-electron chi connectivity index (χ4n) is 1.63. The van der Waals surface area contributed by atoms with Gasteiger partial charge in [0.15, 0.2) is 0 Å². The first-order valence-electron chi connectivity index (χ1n) is 5.28. The van der Waals surface area contributed by atoms with E-state index in [0.717, 1.165) is 16.7 Å². The van der Waals surface area contributed by atoms with Crippen molar-refractivity contribution in [1.29, 1.82) is 0 Å². The summed E-state index contributed by atoms with van der Waals surface area (Å²) in [5.41, 5.74) is -1.73. The Balaban J connectivity index is 2.57. The van der Waals surface area contributed by atoms with Crippen molar-refractivity contribution in [3.05, 3.63) is 64.1 Å². The maximum Gasteiger partial charge on any atom is 0.421 e. The summed E-state index contributed by atoms with van der Waals surface area (Å²) < 4.78 is 38.7. The fourth-order valence-corrected chi connectivity index (χ4v) is 1.63. The number of aldehydes is 1. The van der Waals surface area contributed by atoms with Crippen molar-refractivity contribution in [3.63, 3.8) is 0 Å². The van der Waals surface area contributed by atoms with Gasteiger partial charge in [-0.05, 0) is 36.4 Å². The third-order valence-electron chi connectivity index (χ3n) is 2.56. The molecule has 19 heavy (non-hydrogen) atoms. The SMILES string of the molecule is O=Cc1ccc(-n2cccc(C(F)(F)F)c2=O)cc1. The van der Waals surface area contributed by atoms with E-state index in [9.17, 15) is 22.8 Å². The zero-order valence-corrected chi connectivity index (χ0v) is 9.52. The topological polar surface area (TPSA) is 39.1 Å². The summed E-state index contributed by atoms with van der Waals surface area (Å²) in [6, 6.07) is 7.55. The van der Waals surface area contributed by atoms with Crippen molar-refractivity contribution in [2.45, 2.75) is 6.18 Å². The second kappa shape index (κ2) is 4.72. The number of benzene rings is 1. The highest BCUT2D eigenvalue weighted by atomic mass is 19.4. The predicted molar refractivity (Wildman–Crippen MR) is 62.4 cm³/mol. The standard InChI is InChI=1S/C13H8F3NO2/c14-13(15,16)11-2-1-7-17(12(11)19)10-5-3-9(8-18)4-6-10/h1-8H. The molecule has 0 aliphatic rings. The van der Waals surface area contributed by atoms with Crippen LogP contribution in [0.3, 0.4) is 0 Å². The number of hydrogen-bond donors (Lipinski definition) is 0. The molecule has 0 N–H and O–H groups in total. The molecule has 0 saturated heterocycles. The number of nitrogens with zero attached hydrogens (tertiary/aromatic N) is 1. The number of carbonyl (C=O) groups excluding carboxylic acids is 1. The molecule has 0 aliphatic heterocycles. The molecule has 0 amide bonds. The minimum Gasteiger partial charge on any atom is -0.298 e. The van der Waals surface area contributed by atoms with Crippen molar-refractivity contribution in [2.24, 2.45) is 0 Å². The summed E-state index contributed by atoms with van der Waals surface area (Å²) in [5, 5.41) is 0. The van der Waals surface area contributed by atoms with Crippen molar-refractivity contribution >= 4 is 6.29 Å². The molecule has 0 fully saturated rings. The quantitative estimate of drug-likeness (QED) is 0.785. The highest BCUT2D eigenvalue weighted by Gasteiger charge is 2.34. The number of carbonyl (C=O) groups is 1. The molecule has 1 aromatic carbocycles. The average molecular weight is 267 g/mol. The van der Waals surface area contributed by atoms with Crippen LogP contribution in [0.5, 0.6) is 0 Å². The number of pyridine rings is 1. The van der Waals surface area contributed by atoms with Gasteiger partial charge in [-0.3, -0.25) is 14.2 Å². The highest BCUT2D eigenvalue weighted by molar-refractivity contribution is 5.75. The monoisotopic (exact) mass is 267 g/mol. The van der Waals surface area contributed by atoms with Crippen LogP contribution in [0.4, 0.5) is 13.2 Å². The lowest BCUT2D eigenvalue weighted by molar-refractivity contribution is -0.138. The first-order chi connectivity index (χ1) is 8.93. The first kappa shape index (κ1) is 13.1. The zero-order valence-electron chi connectivity index (χ0n) is 9.52. The van der Waals surface area contributed by atoms with E-state index in [2.05, 4.69) is 0 Å². The Labute approximate surface area is 105 Å². The molecule has 1 aromatic heterocycles. The Morgan fingerprint density at radius 1 is 1.05 bits per heavy atom. The maximum absolute atomic E-state index is 12.6. The minimum absolute atomic E-state index is 0.265. The molecule has 0 saturated carbocycles. The maximum atomic E-state index is 12.6. The first-order valence-corrected chi connectivity index (χ1v) is 5.28. The van der Waals surface area contributed by atoms with E-state index in [1.165, 1.54) is 30.5 Å². The number of aromatic nitrogens is 1. The summed E-state index contributed by atoms with van der Waals surface area (Å²) in [4.78, 5) is 22.2. The molecule has 0 bridgehead atoms. The molecule has 0 radical (unpaired) electrons. The molecule has 2 rings (SSSR count). The average Bonchev–Trinajstić information content (AvgIpc) is 2.38. The van der Waals surface area contributed by atoms with Gasteiger partial charge in [-0.25, -0.2) is 0 Å². The number of alkyl halides is 3. The van der Waals surface area contributed by atoms with E-state index in [-0.39, 0.29) is 5.69 Å². The Hall–Kier alpha value is -2.37. The molecular weight excluding hydrogens is 259 g/mol. The summed E-state index contributed by atoms with van der Waals surface area (Å²) in [7, 11) is 0. The van der Waals surface area contributed by atoms with Gasteiger partial charge in [0, 0.05) is 17.4 Å². The molecule has 0 atom stereocenters. The largest absolute Gasteiger partial charge is 0.421 e. The van der Waals surface area contributed by atoms with Gasteiger partial charge >= 0.3 is 6.18 Å². The lowest BCUT2D eigenvalue weighted by atomic mass is 10.2. The van der Waals surface area contributed by atoms with E-state index in [1.807, 2.05) is 0 Å². The van der Waals surface area contributed by atoms with Crippen LogP contribution in [0, 0.1) is 0 Å². The zero-order chi connectivity index (χ0) is 14.0. The molecule has 6 heteroatoms. The molecular formula is C13H8F3NO2. The number of rotatable bonds is 2. The Morgan fingerprint density at radius 2 is 1.68 bits per heavy atom. The second-order valence-corrected chi connectivity index (χ2v) is 3.80. The van der Waals surface area contributed by atoms with Gasteiger partial charge in [-0.1, -0.05) is 0 Å². The van der Waals surface area contributed by atoms with Gasteiger partial charge in [0.1, 0.15) is 11.8 Å². The Morgan fingerprint density at radius 3 is 2.21 bits per heavy atom. The summed E-state index contributed by atoms with van der Waals surface area (Å²) >= 11 is 0. The summed E-state index contributed by atoms with van der Waals surface area (Å²) in [5.74, 6) is 0. The van der Waals surface area contributed by atoms with E-state index in [1.54, 1.807) is 0 Å². The van der Waals surface area contributed by atoms with Crippen LogP contribution in [0.1, 0.15) is 15.9 Å². The van der Waals surface area contributed by atoms with Crippen LogP contribution < -0.4 is 5.56 Å². The predicted octanol–water partition coefficient (Wildman–Crippen LogP) is 2.67. The van der Waals surface area contributed by atoms with Gasteiger partial charge in [0.25, 0.3) is 5.56 Å². The molecule has 98 valence electrons. The van der Waals surface area contributed by atoms with Crippen molar-refractivity contribution < 1.29 is 18.0 Å². The Kier molecular flexibility index (Phi) is 3.25. The third kappa shape index (κ3) is 2.57. The van der Waals surface area contributed by atoms with E-state index >= 15 is 0 Å². The van der Waals surface area contributed by atoms with Crippen molar-refractivity contribution in [1.82, 2.24) is 4.57 Å². The molecule has 0 aliphatic carbocycles. The van der Waals surface area contributed by atoms with Crippen LogP contribution in [0.2, 0.25) is 0 Å². The second-order valence-electron chi connectivity index (χ2n) is 3.80. The number of halogens is 3. The third-order valence-corrected chi connectivity index (χ3v) is 2.56. The minimum atomic E-state index is -4.69. The molecule has 0 unspecified atom stereocenters. The summed E-state index contributed by atoms with van der Waals surface area (Å²) in [6.07, 6.45) is -2.84. The van der Waals surface area contributed by atoms with Crippen LogP contribution in [-0.2, 0) is 6.18 Å². The van der Waals surface area contributed by atoms with Crippen LogP contribution >= 0.6 is 0 Å². The van der Waals surface area contributed by atoms with Crippen LogP contribution in [-0.4, -0.2) is 10.9 Å². The highest BCUT2D eigenvalue weighted by Crippen LogP contribution is 2.26. The fraction of sp³-hybridized carbons (Fsp3) is 0.0769. The van der Waals surface area contributed by atoms with E-state index in [0.29, 0.717) is 11.8 Å². The van der Waals surface area contributed by atoms with Gasteiger partial charge in [-0.15, -0.1) is 0 Å². The van der Waals surface area contributed by atoms with Gasteiger partial charge in [0.2, 0.25) is 0 Å². The van der Waals surface area contributed by atoms with Crippen molar-refractivity contribution in [3.8, 4) is 5.69 Å². The van der Waals surface area contributed by atoms with E-state index < -0.39 is 17.3 Å². The lowest BCUT2D eigenvalue weighted by Gasteiger charge is -2.10. The molecule has 0 spiro atoms.